The number of anilines is 1. The average Bonchev–Trinajstić information content (AvgIpc) is 3.34. The van der Waals surface area contributed by atoms with Crippen LogP contribution in [0.5, 0.6) is 0 Å². The lowest BCUT2D eigenvalue weighted by Gasteiger charge is -2.08. The molecule has 0 atom stereocenters. The van der Waals surface area contributed by atoms with E-state index in [4.69, 9.17) is 19.7 Å². The lowest BCUT2D eigenvalue weighted by molar-refractivity contribution is -0.383. The summed E-state index contributed by atoms with van der Waals surface area (Å²) >= 11 is 0. The number of carbonyl (C=O) groups excluding carboxylic acids is 1. The van der Waals surface area contributed by atoms with Crippen molar-refractivity contribution in [2.75, 3.05) is 64.6 Å². The third-order valence-corrected chi connectivity index (χ3v) is 4.70. The van der Waals surface area contributed by atoms with Crippen molar-refractivity contribution in [2.24, 2.45) is 5.11 Å². The van der Waals surface area contributed by atoms with Gasteiger partial charge >= 0.3 is 5.69 Å². The standard InChI is InChI=1S/C20H30N8O7/c21-27-24-9-11-33-13-15-34-14-12-32-10-8-23-18(29)4-2-1-3-7-22-16-5-6-17(28(30)31)20-19(16)25-35-26-20/h5-6,22H,1-4,7-15H2,(H,23,29). The van der Waals surface area contributed by atoms with Gasteiger partial charge in [0.1, 0.15) is 0 Å². The number of nitrogens with zero attached hydrogens (tertiary/aromatic N) is 6. The van der Waals surface area contributed by atoms with Gasteiger partial charge in [-0.05, 0) is 34.8 Å². The van der Waals surface area contributed by atoms with Crippen molar-refractivity contribution in [3.8, 4) is 0 Å². The number of non-ortho nitro benzene ring substituents is 1. The number of fused-ring (bicyclic) bond motifs is 1. The second kappa shape index (κ2) is 17.0. The highest BCUT2D eigenvalue weighted by Crippen LogP contribution is 2.28. The minimum Gasteiger partial charge on any atom is -0.383 e. The third-order valence-electron chi connectivity index (χ3n) is 4.70. The summed E-state index contributed by atoms with van der Waals surface area (Å²) in [5.74, 6) is -0.0264. The summed E-state index contributed by atoms with van der Waals surface area (Å²) in [6.45, 7) is 3.85. The number of nitro groups is 1. The van der Waals surface area contributed by atoms with E-state index in [0.29, 0.717) is 76.9 Å². The Hall–Kier alpha value is -3.52. The van der Waals surface area contributed by atoms with Crippen LogP contribution in [-0.2, 0) is 19.0 Å². The number of azide groups is 1. The summed E-state index contributed by atoms with van der Waals surface area (Å²) in [6, 6.07) is 2.95. The number of hydrogen-bond acceptors (Lipinski definition) is 11. The van der Waals surface area contributed by atoms with Crippen LogP contribution < -0.4 is 10.6 Å². The number of nitro benzene ring substituents is 1. The summed E-state index contributed by atoms with van der Waals surface area (Å²) < 4.78 is 20.5. The van der Waals surface area contributed by atoms with Crippen molar-refractivity contribution in [3.05, 3.63) is 32.7 Å². The minimum absolute atomic E-state index is 0.0264. The molecule has 192 valence electrons. The Bertz CT molecular complexity index is 964. The van der Waals surface area contributed by atoms with E-state index in [1.165, 1.54) is 6.07 Å². The van der Waals surface area contributed by atoms with Crippen molar-refractivity contribution >= 4 is 28.3 Å². The Morgan fingerprint density at radius 1 is 1.03 bits per heavy atom. The molecule has 15 heteroatoms. The normalized spacial score (nSPS) is 10.7. The van der Waals surface area contributed by atoms with E-state index in [9.17, 15) is 14.9 Å². The molecule has 2 aromatic rings. The summed E-state index contributed by atoms with van der Waals surface area (Å²) in [5.41, 5.74) is 9.01. The molecule has 0 saturated carbocycles. The van der Waals surface area contributed by atoms with Crippen LogP contribution in [0.25, 0.3) is 21.5 Å². The van der Waals surface area contributed by atoms with Crippen molar-refractivity contribution in [3.63, 3.8) is 0 Å². The van der Waals surface area contributed by atoms with E-state index in [2.05, 4.69) is 35.6 Å². The predicted molar refractivity (Wildman–Crippen MR) is 125 cm³/mol. The predicted octanol–water partition coefficient (Wildman–Crippen LogP) is 2.58. The van der Waals surface area contributed by atoms with Crippen molar-refractivity contribution in [1.82, 2.24) is 15.6 Å². The molecule has 0 aliphatic carbocycles. The highest BCUT2D eigenvalue weighted by Gasteiger charge is 2.19. The summed E-state index contributed by atoms with van der Waals surface area (Å²) in [5, 5.41) is 27.7. The largest absolute Gasteiger partial charge is 0.383 e. The molecule has 0 aliphatic heterocycles. The number of ether oxygens (including phenoxy) is 3. The first-order valence-electron chi connectivity index (χ1n) is 11.3. The van der Waals surface area contributed by atoms with Crippen LogP contribution in [0.3, 0.4) is 0 Å². The van der Waals surface area contributed by atoms with Gasteiger partial charge in [0.05, 0.1) is 50.3 Å². The molecular weight excluding hydrogens is 464 g/mol. The number of carbonyl (C=O) groups is 1. The molecule has 1 heterocycles. The highest BCUT2D eigenvalue weighted by atomic mass is 16.6. The number of hydrogen-bond donors (Lipinski definition) is 2. The van der Waals surface area contributed by atoms with Crippen molar-refractivity contribution < 1.29 is 28.6 Å². The van der Waals surface area contributed by atoms with Crippen LogP contribution in [-0.4, -0.2) is 80.4 Å². The number of aromatic nitrogens is 2. The quantitative estimate of drug-likeness (QED) is 0.0688. The van der Waals surface area contributed by atoms with E-state index in [1.54, 1.807) is 6.07 Å². The number of unbranched alkanes of at least 4 members (excludes halogenated alkanes) is 2. The topological polar surface area (TPSA) is 200 Å². The van der Waals surface area contributed by atoms with Gasteiger partial charge in [0, 0.05) is 37.0 Å². The number of amides is 1. The van der Waals surface area contributed by atoms with Crippen LogP contribution in [0.15, 0.2) is 21.9 Å². The minimum atomic E-state index is -0.528. The first-order valence-corrected chi connectivity index (χ1v) is 11.3. The summed E-state index contributed by atoms with van der Waals surface area (Å²) in [7, 11) is 0. The molecule has 1 aromatic carbocycles. The Kier molecular flexibility index (Phi) is 13.5. The zero-order valence-corrected chi connectivity index (χ0v) is 19.4. The summed E-state index contributed by atoms with van der Waals surface area (Å²) in [4.78, 5) is 25.0. The molecule has 0 spiro atoms. The molecule has 0 saturated heterocycles. The van der Waals surface area contributed by atoms with E-state index < -0.39 is 4.92 Å². The lowest BCUT2D eigenvalue weighted by atomic mass is 10.1. The Morgan fingerprint density at radius 3 is 2.49 bits per heavy atom. The molecule has 0 aliphatic rings. The first-order chi connectivity index (χ1) is 17.1. The van der Waals surface area contributed by atoms with Gasteiger partial charge in [-0.15, -0.1) is 0 Å². The summed E-state index contributed by atoms with van der Waals surface area (Å²) in [6.07, 6.45) is 2.84. The molecule has 35 heavy (non-hydrogen) atoms. The molecule has 2 rings (SSSR count). The molecule has 2 N–H and O–H groups in total. The van der Waals surface area contributed by atoms with Gasteiger partial charge in [0.25, 0.3) is 0 Å². The second-order valence-corrected chi connectivity index (χ2v) is 7.23. The molecule has 0 radical (unpaired) electrons. The van der Waals surface area contributed by atoms with Gasteiger partial charge in [0.2, 0.25) is 11.4 Å². The molecule has 0 bridgehead atoms. The molecule has 1 amide bonds. The highest BCUT2D eigenvalue weighted by molar-refractivity contribution is 5.93. The second-order valence-electron chi connectivity index (χ2n) is 7.23. The van der Waals surface area contributed by atoms with Crippen LogP contribution in [0.2, 0.25) is 0 Å². The van der Waals surface area contributed by atoms with Crippen LogP contribution in [0.4, 0.5) is 11.4 Å². The SMILES string of the molecule is [N-]=[N+]=NCCOCCOCCOCCNC(=O)CCCCCNc1ccc([N+](=O)[O-])c2nonc12. The van der Waals surface area contributed by atoms with E-state index >= 15 is 0 Å². The fourth-order valence-corrected chi connectivity index (χ4v) is 3.00. The Balaban J connectivity index is 1.41. The van der Waals surface area contributed by atoms with Gasteiger partial charge in [-0.25, -0.2) is 4.63 Å². The van der Waals surface area contributed by atoms with Gasteiger partial charge in [-0.2, -0.15) is 0 Å². The van der Waals surface area contributed by atoms with Crippen molar-refractivity contribution in [1.29, 1.82) is 0 Å². The molecule has 0 fully saturated rings. The number of nitrogens with one attached hydrogen (secondary N) is 2. The van der Waals surface area contributed by atoms with Crippen molar-refractivity contribution in [2.45, 2.75) is 25.7 Å². The van der Waals surface area contributed by atoms with E-state index in [1.807, 2.05) is 0 Å². The Morgan fingerprint density at radius 2 is 1.74 bits per heavy atom. The maximum atomic E-state index is 11.9. The molecular formula is C20H30N8O7. The zero-order valence-electron chi connectivity index (χ0n) is 19.4. The monoisotopic (exact) mass is 494 g/mol. The Labute approximate surface area is 201 Å². The van der Waals surface area contributed by atoms with Gasteiger partial charge in [-0.3, -0.25) is 14.9 Å². The van der Waals surface area contributed by atoms with E-state index in [-0.39, 0.29) is 17.1 Å². The number of benzene rings is 1. The fourth-order valence-electron chi connectivity index (χ4n) is 3.00. The fraction of sp³-hybridized carbons (Fsp3) is 0.650. The lowest BCUT2D eigenvalue weighted by Crippen LogP contribution is -2.27. The van der Waals surface area contributed by atoms with E-state index in [0.717, 1.165) is 19.3 Å². The maximum absolute atomic E-state index is 11.9. The smallest absolute Gasteiger partial charge is 0.300 e. The number of rotatable bonds is 20. The molecule has 1 aromatic heterocycles. The maximum Gasteiger partial charge on any atom is 0.300 e. The average molecular weight is 495 g/mol. The van der Waals surface area contributed by atoms with Gasteiger partial charge in [-0.1, -0.05) is 11.5 Å². The zero-order chi connectivity index (χ0) is 25.1. The molecule has 15 nitrogen and oxygen atoms in total. The van der Waals surface area contributed by atoms with Crippen LogP contribution in [0.1, 0.15) is 25.7 Å². The van der Waals surface area contributed by atoms with Gasteiger partial charge < -0.3 is 24.8 Å². The van der Waals surface area contributed by atoms with Crippen LogP contribution >= 0.6 is 0 Å². The third kappa shape index (κ3) is 11.0. The molecule has 0 unspecified atom stereocenters. The van der Waals surface area contributed by atoms with Crippen LogP contribution in [0, 0.1) is 10.1 Å². The first kappa shape index (κ1) is 27.7. The van der Waals surface area contributed by atoms with Gasteiger partial charge in [0.15, 0.2) is 5.52 Å².